The zero-order valence-electron chi connectivity index (χ0n) is 8.39. The topological polar surface area (TPSA) is 0 Å². The molecule has 3 atom stereocenters. The maximum absolute atomic E-state index is 2.48. The van der Waals surface area contributed by atoms with Gasteiger partial charge in [-0.15, -0.1) is 0 Å². The molecule has 0 heteroatoms. The van der Waals surface area contributed by atoms with Gasteiger partial charge in [-0.1, -0.05) is 42.5 Å². The van der Waals surface area contributed by atoms with E-state index in [9.17, 15) is 0 Å². The van der Waals surface area contributed by atoms with Gasteiger partial charge in [-0.3, -0.25) is 0 Å². The second-order valence-electron chi connectivity index (χ2n) is 4.59. The first-order chi connectivity index (χ1) is 6.93. The Balaban J connectivity index is 1.95. The van der Waals surface area contributed by atoms with Gasteiger partial charge in [0.2, 0.25) is 0 Å². The van der Waals surface area contributed by atoms with Crippen molar-refractivity contribution in [1.82, 2.24) is 0 Å². The van der Waals surface area contributed by atoms with Crippen LogP contribution in [0.3, 0.4) is 0 Å². The third kappa shape index (κ3) is 1.30. The number of fused-ring (bicyclic) bond motifs is 2. The van der Waals surface area contributed by atoms with E-state index in [2.05, 4.69) is 42.5 Å². The molecule has 0 amide bonds. The van der Waals surface area contributed by atoms with E-state index in [-0.39, 0.29) is 0 Å². The van der Waals surface area contributed by atoms with Gasteiger partial charge < -0.3 is 0 Å². The van der Waals surface area contributed by atoms with Crippen LogP contribution in [0.5, 0.6) is 0 Å². The lowest BCUT2D eigenvalue weighted by atomic mass is 9.70. The highest BCUT2D eigenvalue weighted by atomic mass is 14.3. The lowest BCUT2D eigenvalue weighted by Crippen LogP contribution is -2.23. The van der Waals surface area contributed by atoms with Gasteiger partial charge in [0.25, 0.3) is 0 Å². The minimum Gasteiger partial charge on any atom is -0.0842 e. The number of allylic oxidation sites excluding steroid dienone is 8. The first-order valence-corrected chi connectivity index (χ1v) is 5.67. The van der Waals surface area contributed by atoms with Crippen LogP contribution in [-0.2, 0) is 0 Å². The molecule has 0 aliphatic heterocycles. The first-order valence-electron chi connectivity index (χ1n) is 5.67. The molecule has 0 nitrogen and oxygen atoms in total. The summed E-state index contributed by atoms with van der Waals surface area (Å²) < 4.78 is 0. The van der Waals surface area contributed by atoms with E-state index in [1.165, 1.54) is 19.3 Å². The van der Waals surface area contributed by atoms with Crippen LogP contribution in [0.1, 0.15) is 19.3 Å². The quantitative estimate of drug-likeness (QED) is 0.539. The molecule has 0 aromatic heterocycles. The monoisotopic (exact) mass is 184 g/mol. The van der Waals surface area contributed by atoms with Gasteiger partial charge in [-0.2, -0.15) is 0 Å². The fraction of sp³-hybridized carbons (Fsp3) is 0.429. The molecule has 0 aromatic rings. The highest BCUT2D eigenvalue weighted by Gasteiger charge is 2.28. The molecule has 0 saturated carbocycles. The molecule has 0 N–H and O–H groups in total. The molecule has 3 aliphatic carbocycles. The van der Waals surface area contributed by atoms with Crippen molar-refractivity contribution in [3.8, 4) is 0 Å². The number of hydrogen-bond donors (Lipinski definition) is 0. The van der Waals surface area contributed by atoms with Gasteiger partial charge in [0.05, 0.1) is 0 Å². The Morgan fingerprint density at radius 2 is 2.07 bits per heavy atom. The molecule has 0 bridgehead atoms. The second kappa shape index (κ2) is 3.27. The predicted molar refractivity (Wildman–Crippen MR) is 59.8 cm³/mol. The zero-order chi connectivity index (χ0) is 9.38. The number of hydrogen-bond acceptors (Lipinski definition) is 0. The van der Waals surface area contributed by atoms with Crippen molar-refractivity contribution in [3.05, 3.63) is 48.1 Å². The van der Waals surface area contributed by atoms with Crippen LogP contribution in [-0.4, -0.2) is 0 Å². The van der Waals surface area contributed by atoms with E-state index in [1.807, 2.05) is 0 Å². The minimum absolute atomic E-state index is 0.675. The molecule has 0 fully saturated rings. The van der Waals surface area contributed by atoms with Crippen LogP contribution in [0.2, 0.25) is 0 Å². The molecule has 0 heterocycles. The summed E-state index contributed by atoms with van der Waals surface area (Å²) in [6, 6.07) is 0. The van der Waals surface area contributed by atoms with Crippen molar-refractivity contribution in [3.63, 3.8) is 0 Å². The summed E-state index contributed by atoms with van der Waals surface area (Å²) in [5.74, 6) is 2.30. The van der Waals surface area contributed by atoms with Crippen molar-refractivity contribution in [2.75, 3.05) is 0 Å². The SMILES string of the molecule is C1=CC2C=C3C=CCCC3CC2C=C1. The average Bonchev–Trinajstić information content (AvgIpc) is 2.26. The van der Waals surface area contributed by atoms with E-state index in [0.717, 1.165) is 11.8 Å². The molecule has 72 valence electrons. The third-order valence-electron chi connectivity index (χ3n) is 3.70. The summed E-state index contributed by atoms with van der Waals surface area (Å²) in [4.78, 5) is 0. The molecule has 0 radical (unpaired) electrons. The first kappa shape index (κ1) is 8.28. The van der Waals surface area contributed by atoms with Gasteiger partial charge in [0.15, 0.2) is 0 Å². The Morgan fingerprint density at radius 3 is 3.07 bits per heavy atom. The van der Waals surface area contributed by atoms with Gasteiger partial charge in [-0.25, -0.2) is 0 Å². The maximum Gasteiger partial charge on any atom is 0.00187 e. The molecule has 0 aromatic carbocycles. The predicted octanol–water partition coefficient (Wildman–Crippen LogP) is 3.64. The maximum atomic E-state index is 2.48. The van der Waals surface area contributed by atoms with E-state index in [0.29, 0.717) is 5.92 Å². The molecule has 3 unspecified atom stereocenters. The van der Waals surface area contributed by atoms with Crippen LogP contribution >= 0.6 is 0 Å². The fourth-order valence-electron chi connectivity index (χ4n) is 2.90. The van der Waals surface area contributed by atoms with Gasteiger partial charge in [-0.05, 0) is 36.7 Å². The second-order valence-corrected chi connectivity index (χ2v) is 4.59. The van der Waals surface area contributed by atoms with Crippen molar-refractivity contribution < 1.29 is 0 Å². The molecule has 14 heavy (non-hydrogen) atoms. The van der Waals surface area contributed by atoms with Gasteiger partial charge in [0.1, 0.15) is 0 Å². The molecule has 3 aliphatic rings. The molecular formula is C14H16. The normalized spacial score (nSPS) is 38.9. The van der Waals surface area contributed by atoms with Crippen LogP contribution in [0, 0.1) is 17.8 Å². The summed E-state index contributed by atoms with van der Waals surface area (Å²) in [5, 5.41) is 0. The Hall–Kier alpha value is -1.04. The number of rotatable bonds is 0. The Labute approximate surface area is 85.7 Å². The Bertz CT molecular complexity index is 341. The Morgan fingerprint density at radius 1 is 1.14 bits per heavy atom. The van der Waals surface area contributed by atoms with E-state index in [4.69, 9.17) is 0 Å². The highest BCUT2D eigenvalue weighted by Crippen LogP contribution is 2.40. The standard InChI is InChI=1S/C14H16/c1-2-6-12-10-14-8-4-3-7-13(14)9-11(12)5-1/h1-3,5-7,9,11-12,14H,4,8,10H2. The summed E-state index contributed by atoms with van der Waals surface area (Å²) in [7, 11) is 0. The van der Waals surface area contributed by atoms with Gasteiger partial charge in [0, 0.05) is 5.92 Å². The summed E-state index contributed by atoms with van der Waals surface area (Å²) in [5.41, 5.74) is 1.59. The van der Waals surface area contributed by atoms with Crippen molar-refractivity contribution in [2.24, 2.45) is 17.8 Å². The van der Waals surface area contributed by atoms with Crippen molar-refractivity contribution in [1.29, 1.82) is 0 Å². The molecular weight excluding hydrogens is 168 g/mol. The largest absolute Gasteiger partial charge is 0.0842 e. The van der Waals surface area contributed by atoms with Crippen LogP contribution in [0.4, 0.5) is 0 Å². The lowest BCUT2D eigenvalue weighted by molar-refractivity contribution is 0.375. The van der Waals surface area contributed by atoms with E-state index >= 15 is 0 Å². The van der Waals surface area contributed by atoms with E-state index in [1.54, 1.807) is 5.57 Å². The van der Waals surface area contributed by atoms with E-state index < -0.39 is 0 Å². The Kier molecular flexibility index (Phi) is 1.93. The molecule has 0 spiro atoms. The fourth-order valence-corrected chi connectivity index (χ4v) is 2.90. The molecule has 0 saturated heterocycles. The van der Waals surface area contributed by atoms with Crippen LogP contribution in [0.15, 0.2) is 48.1 Å². The van der Waals surface area contributed by atoms with Gasteiger partial charge >= 0.3 is 0 Å². The summed E-state index contributed by atoms with van der Waals surface area (Å²) in [6.45, 7) is 0. The summed E-state index contributed by atoms with van der Waals surface area (Å²) in [6.07, 6.45) is 20.3. The van der Waals surface area contributed by atoms with Crippen LogP contribution < -0.4 is 0 Å². The highest BCUT2D eigenvalue weighted by molar-refractivity contribution is 5.33. The smallest absolute Gasteiger partial charge is 0.00187 e. The average molecular weight is 184 g/mol. The van der Waals surface area contributed by atoms with Crippen molar-refractivity contribution >= 4 is 0 Å². The zero-order valence-corrected chi connectivity index (χ0v) is 8.39. The minimum atomic E-state index is 0.675. The van der Waals surface area contributed by atoms with Crippen LogP contribution in [0.25, 0.3) is 0 Å². The van der Waals surface area contributed by atoms with Crippen molar-refractivity contribution in [2.45, 2.75) is 19.3 Å². The molecule has 3 rings (SSSR count). The lowest BCUT2D eigenvalue weighted by Gasteiger charge is -2.34. The third-order valence-corrected chi connectivity index (χ3v) is 3.70. The summed E-state index contributed by atoms with van der Waals surface area (Å²) >= 11 is 0.